The third-order valence-corrected chi connectivity index (χ3v) is 6.26. The van der Waals surface area contributed by atoms with Crippen LogP contribution >= 0.6 is 0 Å². The van der Waals surface area contributed by atoms with Gasteiger partial charge in [-0.15, -0.1) is 0 Å². The van der Waals surface area contributed by atoms with Crippen LogP contribution in [-0.2, 0) is 25.6 Å². The first-order valence-corrected chi connectivity index (χ1v) is 11.7. The number of amides is 1. The second kappa shape index (κ2) is 8.65. The highest BCUT2D eigenvalue weighted by Gasteiger charge is 2.31. The summed E-state index contributed by atoms with van der Waals surface area (Å²) in [4.78, 5) is 24.1. The Morgan fingerprint density at radius 2 is 1.94 bits per heavy atom. The first kappa shape index (κ1) is 22.8. The Morgan fingerprint density at radius 1 is 1.11 bits per heavy atom. The highest BCUT2D eigenvalue weighted by molar-refractivity contribution is 5.96. The maximum absolute atomic E-state index is 13.2. The van der Waals surface area contributed by atoms with E-state index < -0.39 is 0 Å². The van der Waals surface area contributed by atoms with Crippen LogP contribution in [0.15, 0.2) is 49.1 Å². The fraction of sp³-hybridized carbons (Fsp3) is 0.346. The van der Waals surface area contributed by atoms with E-state index in [4.69, 9.17) is 0 Å². The minimum atomic E-state index is -0.142. The molecule has 1 aliphatic rings. The van der Waals surface area contributed by atoms with Gasteiger partial charge in [-0.3, -0.25) is 14.2 Å². The monoisotopic (exact) mass is 470 g/mol. The van der Waals surface area contributed by atoms with Crippen LogP contribution in [0.4, 0.5) is 11.6 Å². The molecule has 1 aliphatic heterocycles. The summed E-state index contributed by atoms with van der Waals surface area (Å²) in [6, 6.07) is 8.15. The second-order valence-electron chi connectivity index (χ2n) is 10.00. The Labute approximate surface area is 204 Å². The number of fused-ring (bicyclic) bond motifs is 1. The van der Waals surface area contributed by atoms with Gasteiger partial charge >= 0.3 is 0 Å². The molecular weight excluding hydrogens is 440 g/mol. The van der Waals surface area contributed by atoms with Gasteiger partial charge in [0.1, 0.15) is 0 Å². The molecule has 3 aromatic heterocycles. The number of nitrogens with one attached hydrogen (secondary N) is 1. The minimum absolute atomic E-state index is 0.0483. The Hall–Kier alpha value is -4.01. The van der Waals surface area contributed by atoms with Crippen molar-refractivity contribution in [2.45, 2.75) is 46.2 Å². The molecule has 9 nitrogen and oxygen atoms in total. The highest BCUT2D eigenvalue weighted by Crippen LogP contribution is 2.27. The number of benzene rings is 1. The molecule has 4 aromatic rings. The van der Waals surface area contributed by atoms with Crippen molar-refractivity contribution in [2.24, 2.45) is 7.05 Å². The van der Waals surface area contributed by atoms with Crippen LogP contribution in [0.1, 0.15) is 48.0 Å². The first-order chi connectivity index (χ1) is 16.7. The molecule has 0 atom stereocenters. The molecule has 0 spiro atoms. The average molecular weight is 471 g/mol. The Kier molecular flexibility index (Phi) is 5.62. The molecule has 0 bridgehead atoms. The van der Waals surface area contributed by atoms with E-state index in [1.165, 1.54) is 0 Å². The van der Waals surface area contributed by atoms with Crippen molar-refractivity contribution in [1.29, 1.82) is 0 Å². The Bertz CT molecular complexity index is 1390. The Morgan fingerprint density at radius 3 is 2.66 bits per heavy atom. The standard InChI is InChI=1S/C26H30N8O/c1-17-12-18(22-8-10-27-25(31-22)30-20-13-28-32(5)16-20)6-7-19(17)15-33-11-9-23-21(24(33)35)14-29-34(23)26(2,3)4/h6-8,10,12-14,16H,9,11,15H2,1-5H3,(H,27,30,31). The van der Waals surface area contributed by atoms with Crippen LogP contribution < -0.4 is 5.32 Å². The molecule has 0 unspecified atom stereocenters. The van der Waals surface area contributed by atoms with E-state index in [0.29, 0.717) is 19.0 Å². The number of aromatic nitrogens is 6. The topological polar surface area (TPSA) is 93.8 Å². The van der Waals surface area contributed by atoms with E-state index in [1.807, 2.05) is 28.9 Å². The molecule has 0 saturated carbocycles. The van der Waals surface area contributed by atoms with Gasteiger partial charge in [0.25, 0.3) is 5.91 Å². The van der Waals surface area contributed by atoms with Gasteiger partial charge in [-0.2, -0.15) is 10.2 Å². The quantitative estimate of drug-likeness (QED) is 0.472. The molecule has 0 saturated heterocycles. The smallest absolute Gasteiger partial charge is 0.257 e. The third kappa shape index (κ3) is 4.53. The lowest BCUT2D eigenvalue weighted by molar-refractivity contribution is 0.0723. The molecular formula is C26H30N8O. The van der Waals surface area contributed by atoms with Gasteiger partial charge in [0.2, 0.25) is 5.95 Å². The predicted molar refractivity (Wildman–Crippen MR) is 134 cm³/mol. The van der Waals surface area contributed by atoms with E-state index in [1.54, 1.807) is 23.3 Å². The van der Waals surface area contributed by atoms with Crippen molar-refractivity contribution in [3.05, 3.63) is 71.4 Å². The average Bonchev–Trinajstić information content (AvgIpc) is 3.43. The largest absolute Gasteiger partial charge is 0.334 e. The van der Waals surface area contributed by atoms with Crippen LogP contribution in [0.2, 0.25) is 0 Å². The van der Waals surface area contributed by atoms with Gasteiger partial charge in [0, 0.05) is 44.5 Å². The molecule has 0 fully saturated rings. The number of anilines is 2. The molecule has 180 valence electrons. The zero-order chi connectivity index (χ0) is 24.7. The number of hydrogen-bond donors (Lipinski definition) is 1. The van der Waals surface area contributed by atoms with Crippen LogP contribution in [0.25, 0.3) is 11.3 Å². The van der Waals surface area contributed by atoms with Gasteiger partial charge in [-0.25, -0.2) is 9.97 Å². The number of carbonyl (C=O) groups excluding carboxylic acids is 1. The summed E-state index contributed by atoms with van der Waals surface area (Å²) in [5, 5.41) is 11.8. The van der Waals surface area contributed by atoms with Gasteiger partial charge in [-0.05, 0) is 51.0 Å². The summed E-state index contributed by atoms with van der Waals surface area (Å²) < 4.78 is 3.70. The summed E-state index contributed by atoms with van der Waals surface area (Å²) in [7, 11) is 1.86. The molecule has 1 aromatic carbocycles. The van der Waals surface area contributed by atoms with E-state index in [9.17, 15) is 4.79 Å². The summed E-state index contributed by atoms with van der Waals surface area (Å²) in [6.45, 7) is 9.66. The lowest BCUT2D eigenvalue weighted by atomic mass is 10.0. The molecule has 9 heteroatoms. The van der Waals surface area contributed by atoms with E-state index in [-0.39, 0.29) is 11.4 Å². The van der Waals surface area contributed by atoms with Crippen molar-refractivity contribution in [2.75, 3.05) is 11.9 Å². The number of nitrogens with zero attached hydrogens (tertiary/aromatic N) is 7. The van der Waals surface area contributed by atoms with Crippen molar-refractivity contribution < 1.29 is 4.79 Å². The fourth-order valence-corrected chi connectivity index (χ4v) is 4.47. The number of hydrogen-bond acceptors (Lipinski definition) is 6. The number of carbonyl (C=O) groups is 1. The zero-order valence-corrected chi connectivity index (χ0v) is 20.8. The Balaban J connectivity index is 1.33. The minimum Gasteiger partial charge on any atom is -0.334 e. The summed E-state index contributed by atoms with van der Waals surface area (Å²) in [5.41, 5.74) is 6.51. The maximum Gasteiger partial charge on any atom is 0.257 e. The lowest BCUT2D eigenvalue weighted by Gasteiger charge is -2.30. The molecule has 5 rings (SSSR count). The van der Waals surface area contributed by atoms with Gasteiger partial charge in [-0.1, -0.05) is 12.1 Å². The number of aryl methyl sites for hydroxylation is 2. The SMILES string of the molecule is Cc1cc(-c2ccnc(Nc3cnn(C)c3)n2)ccc1CN1CCc2c(cnn2C(C)(C)C)C1=O. The lowest BCUT2D eigenvalue weighted by Crippen LogP contribution is -2.38. The molecule has 1 amide bonds. The summed E-state index contributed by atoms with van der Waals surface area (Å²) >= 11 is 0. The van der Waals surface area contributed by atoms with Gasteiger partial charge in [0.15, 0.2) is 0 Å². The third-order valence-electron chi connectivity index (χ3n) is 6.26. The molecule has 0 radical (unpaired) electrons. The van der Waals surface area contributed by atoms with Crippen LogP contribution in [-0.4, -0.2) is 46.9 Å². The predicted octanol–water partition coefficient (Wildman–Crippen LogP) is 4.08. The molecule has 0 aliphatic carbocycles. The van der Waals surface area contributed by atoms with Crippen molar-refractivity contribution in [3.63, 3.8) is 0 Å². The fourth-order valence-electron chi connectivity index (χ4n) is 4.47. The van der Waals surface area contributed by atoms with Crippen molar-refractivity contribution >= 4 is 17.5 Å². The number of rotatable bonds is 5. The first-order valence-electron chi connectivity index (χ1n) is 11.7. The van der Waals surface area contributed by atoms with E-state index in [2.05, 4.69) is 71.4 Å². The van der Waals surface area contributed by atoms with E-state index >= 15 is 0 Å². The normalized spacial score (nSPS) is 13.7. The van der Waals surface area contributed by atoms with Crippen LogP contribution in [0.3, 0.4) is 0 Å². The zero-order valence-electron chi connectivity index (χ0n) is 20.8. The van der Waals surface area contributed by atoms with Gasteiger partial charge < -0.3 is 10.2 Å². The highest BCUT2D eigenvalue weighted by atomic mass is 16.2. The van der Waals surface area contributed by atoms with Crippen LogP contribution in [0, 0.1) is 6.92 Å². The molecule has 1 N–H and O–H groups in total. The van der Waals surface area contributed by atoms with Crippen LogP contribution in [0.5, 0.6) is 0 Å². The van der Waals surface area contributed by atoms with E-state index in [0.717, 1.165) is 45.7 Å². The van der Waals surface area contributed by atoms with Crippen molar-refractivity contribution in [1.82, 2.24) is 34.4 Å². The summed E-state index contributed by atoms with van der Waals surface area (Å²) in [6.07, 6.45) is 7.87. The molecule has 35 heavy (non-hydrogen) atoms. The molecule has 4 heterocycles. The second-order valence-corrected chi connectivity index (χ2v) is 10.00. The summed E-state index contributed by atoms with van der Waals surface area (Å²) in [5.74, 6) is 0.565. The van der Waals surface area contributed by atoms with Crippen molar-refractivity contribution in [3.8, 4) is 11.3 Å². The maximum atomic E-state index is 13.2. The van der Waals surface area contributed by atoms with Gasteiger partial charge in [0.05, 0.1) is 40.6 Å².